The molecule has 2 aromatic rings. The second kappa shape index (κ2) is 5.69. The smallest absolute Gasteiger partial charge is 0.169 e. The lowest BCUT2D eigenvalue weighted by Gasteiger charge is -2.28. The summed E-state index contributed by atoms with van der Waals surface area (Å²) in [5.41, 5.74) is 1.62. The van der Waals surface area contributed by atoms with Crippen molar-refractivity contribution in [3.05, 3.63) is 42.4 Å². The third-order valence-electron chi connectivity index (χ3n) is 5.12. The predicted octanol–water partition coefficient (Wildman–Crippen LogP) is 3.26. The molecule has 3 aliphatic heterocycles. The molecule has 3 aliphatic rings. The molecule has 0 saturated carbocycles. The van der Waals surface area contributed by atoms with Gasteiger partial charge in [-0.15, -0.1) is 0 Å². The van der Waals surface area contributed by atoms with E-state index >= 15 is 0 Å². The van der Waals surface area contributed by atoms with Crippen LogP contribution in [-0.4, -0.2) is 35.3 Å². The van der Waals surface area contributed by atoms with Crippen molar-refractivity contribution in [2.45, 2.75) is 19.3 Å². The van der Waals surface area contributed by atoms with E-state index in [1.54, 1.807) is 18.7 Å². The van der Waals surface area contributed by atoms with Gasteiger partial charge in [0.05, 0.1) is 5.56 Å². The summed E-state index contributed by atoms with van der Waals surface area (Å²) in [5.74, 6) is 1.68. The van der Waals surface area contributed by atoms with Gasteiger partial charge in [-0.2, -0.15) is 0 Å². The van der Waals surface area contributed by atoms with E-state index in [1.807, 2.05) is 18.2 Å². The highest BCUT2D eigenvalue weighted by molar-refractivity contribution is 5.98. The van der Waals surface area contributed by atoms with Gasteiger partial charge < -0.3 is 9.32 Å². The Labute approximate surface area is 130 Å². The van der Waals surface area contributed by atoms with Crippen LogP contribution in [0.4, 0.5) is 0 Å². The molecule has 3 fully saturated rings. The molecule has 0 amide bonds. The van der Waals surface area contributed by atoms with Gasteiger partial charge in [-0.1, -0.05) is 0 Å². The summed E-state index contributed by atoms with van der Waals surface area (Å²) in [7, 11) is 0. The van der Waals surface area contributed by atoms with Crippen molar-refractivity contribution in [1.29, 1.82) is 0 Å². The maximum atomic E-state index is 12.9. The van der Waals surface area contributed by atoms with Crippen molar-refractivity contribution in [2.24, 2.45) is 11.8 Å². The molecular weight excluding hydrogens is 276 g/mol. The Hall–Kier alpha value is -1.94. The average Bonchev–Trinajstić information content (AvgIpc) is 2.88. The van der Waals surface area contributed by atoms with E-state index in [2.05, 4.69) is 9.88 Å². The molecule has 1 atom stereocenters. The highest BCUT2D eigenvalue weighted by Gasteiger charge is 2.35. The van der Waals surface area contributed by atoms with Gasteiger partial charge in [0.1, 0.15) is 12.0 Å². The molecule has 1 unspecified atom stereocenters. The number of fused-ring (bicyclic) bond motifs is 4. The largest absolute Gasteiger partial charge is 0.464 e. The lowest BCUT2D eigenvalue weighted by atomic mass is 9.80. The van der Waals surface area contributed by atoms with E-state index in [0.717, 1.165) is 50.2 Å². The molecule has 0 aromatic carbocycles. The topological polar surface area (TPSA) is 46.3 Å². The first-order valence-electron chi connectivity index (χ1n) is 8.07. The first-order valence-corrected chi connectivity index (χ1v) is 8.07. The van der Waals surface area contributed by atoms with Crippen LogP contribution in [0.2, 0.25) is 0 Å². The summed E-state index contributed by atoms with van der Waals surface area (Å²) in [6, 6.07) is 5.69. The molecule has 2 bridgehead atoms. The highest BCUT2D eigenvalue weighted by Crippen LogP contribution is 2.35. The Morgan fingerprint density at radius 1 is 1.23 bits per heavy atom. The maximum Gasteiger partial charge on any atom is 0.169 e. The predicted molar refractivity (Wildman–Crippen MR) is 83.5 cm³/mol. The molecule has 114 valence electrons. The van der Waals surface area contributed by atoms with Crippen molar-refractivity contribution < 1.29 is 9.21 Å². The summed E-state index contributed by atoms with van der Waals surface area (Å²) in [4.78, 5) is 19.5. The number of aromatic nitrogens is 1. The van der Waals surface area contributed by atoms with Crippen molar-refractivity contribution in [1.82, 2.24) is 9.88 Å². The second-order valence-electron chi connectivity index (χ2n) is 6.38. The summed E-state index contributed by atoms with van der Waals surface area (Å²) in [5, 5.41) is 0. The van der Waals surface area contributed by atoms with E-state index < -0.39 is 0 Å². The van der Waals surface area contributed by atoms with Gasteiger partial charge >= 0.3 is 0 Å². The number of Topliss-reactive ketones (excluding diaryl/α,β-unsaturated/α-hetero) is 1. The quantitative estimate of drug-likeness (QED) is 0.816. The Morgan fingerprint density at radius 3 is 2.82 bits per heavy atom. The van der Waals surface area contributed by atoms with Crippen LogP contribution in [0.5, 0.6) is 0 Å². The number of piperidine rings is 1. The molecular formula is C18H20N2O2. The molecule has 22 heavy (non-hydrogen) atoms. The second-order valence-corrected chi connectivity index (χ2v) is 6.38. The van der Waals surface area contributed by atoms with Crippen LogP contribution in [-0.2, 0) is 0 Å². The summed E-state index contributed by atoms with van der Waals surface area (Å²) < 4.78 is 5.60. The van der Waals surface area contributed by atoms with E-state index in [9.17, 15) is 4.79 Å². The number of carbonyl (C=O) groups excluding carboxylic acids is 1. The summed E-state index contributed by atoms with van der Waals surface area (Å²) in [6.07, 6.45) is 8.40. The lowest BCUT2D eigenvalue weighted by molar-refractivity contribution is 0.0859. The van der Waals surface area contributed by atoms with Gasteiger partial charge in [0.15, 0.2) is 5.78 Å². The summed E-state index contributed by atoms with van der Waals surface area (Å²) in [6.45, 7) is 3.36. The van der Waals surface area contributed by atoms with Crippen LogP contribution in [0.1, 0.15) is 29.6 Å². The van der Waals surface area contributed by atoms with Crippen LogP contribution < -0.4 is 0 Å². The van der Waals surface area contributed by atoms with Gasteiger partial charge in [0, 0.05) is 23.9 Å². The Bertz CT molecular complexity index is 657. The zero-order valence-electron chi connectivity index (χ0n) is 12.6. The Kier molecular flexibility index (Phi) is 3.54. The van der Waals surface area contributed by atoms with Crippen LogP contribution in [0.3, 0.4) is 0 Å². The number of nitrogens with zero attached hydrogens (tertiary/aromatic N) is 2. The van der Waals surface area contributed by atoms with Crippen LogP contribution >= 0.6 is 0 Å². The van der Waals surface area contributed by atoms with Crippen LogP contribution in [0.25, 0.3) is 11.3 Å². The monoisotopic (exact) mass is 296 g/mol. The van der Waals surface area contributed by atoms with Crippen molar-refractivity contribution in [3.63, 3.8) is 0 Å². The number of hydrogen-bond donors (Lipinski definition) is 0. The van der Waals surface area contributed by atoms with Gasteiger partial charge in [0.2, 0.25) is 0 Å². The minimum Gasteiger partial charge on any atom is -0.464 e. The number of carbonyl (C=O) groups is 1. The fraction of sp³-hybridized carbons (Fsp3) is 0.444. The molecule has 0 spiro atoms. The molecule has 0 radical (unpaired) electrons. The van der Waals surface area contributed by atoms with Crippen molar-refractivity contribution in [3.8, 4) is 11.3 Å². The third-order valence-corrected chi connectivity index (χ3v) is 5.12. The molecule has 4 heteroatoms. The molecule has 0 N–H and O–H groups in total. The first kappa shape index (κ1) is 13.7. The Balaban J connectivity index is 1.57. The van der Waals surface area contributed by atoms with E-state index in [4.69, 9.17) is 4.42 Å². The third kappa shape index (κ3) is 2.48. The van der Waals surface area contributed by atoms with E-state index in [1.165, 1.54) is 0 Å². The van der Waals surface area contributed by atoms with E-state index in [0.29, 0.717) is 11.5 Å². The maximum absolute atomic E-state index is 12.9. The van der Waals surface area contributed by atoms with Gasteiger partial charge in [-0.3, -0.25) is 9.78 Å². The zero-order chi connectivity index (χ0) is 14.9. The minimum absolute atomic E-state index is 0.159. The number of hydrogen-bond acceptors (Lipinski definition) is 4. The number of pyridine rings is 1. The number of furan rings is 1. The molecule has 0 aliphatic carbocycles. The van der Waals surface area contributed by atoms with Crippen LogP contribution in [0.15, 0.2) is 41.3 Å². The SMILES string of the molecule is O=C(c1coc(-c2cccnc2)c1)C1CCN2CCC1CC2. The molecule has 2 aromatic heterocycles. The van der Waals surface area contributed by atoms with Gasteiger partial charge in [-0.25, -0.2) is 0 Å². The first-order chi connectivity index (χ1) is 10.8. The minimum atomic E-state index is 0.159. The molecule has 3 saturated heterocycles. The number of rotatable bonds is 3. The Morgan fingerprint density at radius 2 is 2.05 bits per heavy atom. The highest BCUT2D eigenvalue weighted by atomic mass is 16.3. The van der Waals surface area contributed by atoms with E-state index in [-0.39, 0.29) is 11.7 Å². The molecule has 4 nitrogen and oxygen atoms in total. The van der Waals surface area contributed by atoms with Gasteiger partial charge in [-0.05, 0) is 63.0 Å². The fourth-order valence-corrected chi connectivity index (χ4v) is 3.82. The fourth-order valence-electron chi connectivity index (χ4n) is 3.82. The van der Waals surface area contributed by atoms with Gasteiger partial charge in [0.25, 0.3) is 0 Å². The van der Waals surface area contributed by atoms with Crippen molar-refractivity contribution >= 4 is 5.78 Å². The summed E-state index contributed by atoms with van der Waals surface area (Å²) >= 11 is 0. The van der Waals surface area contributed by atoms with Crippen molar-refractivity contribution in [2.75, 3.05) is 19.6 Å². The standard InChI is InChI=1S/C18H20N2O2/c21-18(16-5-9-20-7-3-13(16)4-8-20)15-10-17(22-12-15)14-2-1-6-19-11-14/h1-2,6,10-13,16H,3-5,7-9H2. The van der Waals surface area contributed by atoms with Crippen LogP contribution in [0, 0.1) is 11.8 Å². The molecule has 5 rings (SSSR count). The number of ketones is 1. The normalized spacial score (nSPS) is 27.5. The average molecular weight is 296 g/mol. The molecule has 5 heterocycles. The lowest BCUT2D eigenvalue weighted by Crippen LogP contribution is -2.31. The zero-order valence-corrected chi connectivity index (χ0v) is 12.6.